The number of aliphatic hydroxyl groups is 5. The zero-order chi connectivity index (χ0) is 45.0. The van der Waals surface area contributed by atoms with Crippen molar-refractivity contribution in [2.45, 2.75) is 236 Å². The van der Waals surface area contributed by atoms with Crippen molar-refractivity contribution in [1.82, 2.24) is 0 Å². The van der Waals surface area contributed by atoms with Crippen LogP contribution in [0.5, 0.6) is 0 Å². The molecule has 0 bridgehead atoms. The van der Waals surface area contributed by atoms with Crippen molar-refractivity contribution in [1.29, 1.82) is 0 Å². The lowest BCUT2D eigenvalue weighted by Gasteiger charge is -2.41. The number of rotatable bonds is 39. The summed E-state index contributed by atoms with van der Waals surface area (Å²) < 4.78 is 33.5. The van der Waals surface area contributed by atoms with Crippen LogP contribution < -0.4 is 0 Å². The summed E-state index contributed by atoms with van der Waals surface area (Å²) in [6, 6.07) is 0. The van der Waals surface area contributed by atoms with Crippen molar-refractivity contribution in [3.8, 4) is 0 Å². The maximum Gasteiger partial charge on any atom is 0.472 e. The van der Waals surface area contributed by atoms with Gasteiger partial charge in [0.25, 0.3) is 0 Å². The number of hydrogen-bond acceptors (Lipinski definition) is 12. The third kappa shape index (κ3) is 30.0. The molecule has 8 atom stereocenters. The van der Waals surface area contributed by atoms with Gasteiger partial charge in [0.2, 0.25) is 0 Å². The zero-order valence-electron chi connectivity index (χ0n) is 37.7. The standard InChI is InChI=1S/C47H85O13P/c1-3-5-7-9-11-13-15-17-19-20-22-24-26-28-30-32-34-36-41(49)59-39(38-58-61(55,56)60-47-45(53)43(51)42(50)44(52)46(47)54)37-57-40(48)35-33-31-29-27-25-23-21-18-16-14-12-10-8-6-4-2/h18,21-22,24,28,30,39,42-47,50-54H,3-17,19-20,23,25-27,29,31-38H2,1-2H3,(H,55,56)/b21-18+,24-22+,30-28+/t39-,42?,43+,44?,45?,46?,47?/m1/s1. The van der Waals surface area contributed by atoms with Gasteiger partial charge < -0.3 is 39.9 Å². The first-order valence-electron chi connectivity index (χ1n) is 23.8. The van der Waals surface area contributed by atoms with E-state index in [0.717, 1.165) is 51.4 Å². The number of aliphatic hydroxyl groups excluding tert-OH is 5. The number of phosphoric acid groups is 1. The number of carbonyl (C=O) groups is 2. The van der Waals surface area contributed by atoms with Crippen molar-refractivity contribution in [3.63, 3.8) is 0 Å². The van der Waals surface area contributed by atoms with Crippen molar-refractivity contribution in [2.75, 3.05) is 13.2 Å². The summed E-state index contributed by atoms with van der Waals surface area (Å²) in [5.74, 6) is -1.16. The fraction of sp³-hybridized carbons (Fsp3) is 0.830. The molecule has 0 aromatic rings. The molecule has 1 fully saturated rings. The highest BCUT2D eigenvalue weighted by atomic mass is 31.2. The van der Waals surface area contributed by atoms with Crippen molar-refractivity contribution < 1.29 is 63.1 Å². The molecule has 356 valence electrons. The average Bonchev–Trinajstić information content (AvgIpc) is 3.24. The Morgan fingerprint density at radius 3 is 1.39 bits per heavy atom. The molecule has 13 nitrogen and oxygen atoms in total. The molecule has 6 N–H and O–H groups in total. The third-order valence-electron chi connectivity index (χ3n) is 11.0. The molecule has 0 aromatic heterocycles. The number of esters is 2. The lowest BCUT2D eigenvalue weighted by Crippen LogP contribution is -2.64. The molecule has 61 heavy (non-hydrogen) atoms. The van der Waals surface area contributed by atoms with E-state index >= 15 is 0 Å². The van der Waals surface area contributed by atoms with Crippen LogP contribution in [0, 0.1) is 0 Å². The summed E-state index contributed by atoms with van der Waals surface area (Å²) in [5.41, 5.74) is 0. The Balaban J connectivity index is 2.49. The summed E-state index contributed by atoms with van der Waals surface area (Å²) >= 11 is 0. The summed E-state index contributed by atoms with van der Waals surface area (Å²) in [4.78, 5) is 35.7. The first-order valence-corrected chi connectivity index (χ1v) is 25.3. The Labute approximate surface area is 368 Å². The molecule has 0 aliphatic heterocycles. The lowest BCUT2D eigenvalue weighted by molar-refractivity contribution is -0.220. The van der Waals surface area contributed by atoms with Crippen molar-refractivity contribution in [2.24, 2.45) is 0 Å². The second-order valence-electron chi connectivity index (χ2n) is 16.6. The summed E-state index contributed by atoms with van der Waals surface area (Å²) in [6.45, 7) is 3.26. The lowest BCUT2D eigenvalue weighted by atomic mass is 9.85. The molecular formula is C47H85O13P. The maximum absolute atomic E-state index is 12.8. The predicted molar refractivity (Wildman–Crippen MR) is 240 cm³/mol. The first-order chi connectivity index (χ1) is 29.4. The molecule has 1 saturated carbocycles. The van der Waals surface area contributed by atoms with E-state index in [-0.39, 0.29) is 12.8 Å². The van der Waals surface area contributed by atoms with Crippen LogP contribution in [-0.4, -0.2) is 98.3 Å². The normalized spacial score (nSPS) is 22.3. The number of unbranched alkanes of at least 4 members (excludes halogenated alkanes) is 21. The average molecular weight is 889 g/mol. The van der Waals surface area contributed by atoms with Gasteiger partial charge in [-0.05, 0) is 64.2 Å². The van der Waals surface area contributed by atoms with Gasteiger partial charge in [0.05, 0.1) is 6.61 Å². The Hall–Kier alpha value is -1.93. The van der Waals surface area contributed by atoms with Crippen LogP contribution in [0.1, 0.15) is 194 Å². The van der Waals surface area contributed by atoms with E-state index in [9.17, 15) is 44.6 Å². The molecular weight excluding hydrogens is 803 g/mol. The summed E-state index contributed by atoms with van der Waals surface area (Å²) in [7, 11) is -5.13. The van der Waals surface area contributed by atoms with Crippen LogP contribution in [0.25, 0.3) is 0 Å². The van der Waals surface area contributed by atoms with Gasteiger partial charge in [-0.3, -0.25) is 18.6 Å². The van der Waals surface area contributed by atoms with Gasteiger partial charge in [0.1, 0.15) is 43.2 Å². The molecule has 0 aromatic carbocycles. The highest BCUT2D eigenvalue weighted by Crippen LogP contribution is 2.47. The van der Waals surface area contributed by atoms with Crippen molar-refractivity contribution in [3.05, 3.63) is 36.5 Å². The Morgan fingerprint density at radius 2 is 0.902 bits per heavy atom. The zero-order valence-corrected chi connectivity index (χ0v) is 38.6. The Bertz CT molecular complexity index is 1210. The van der Waals surface area contributed by atoms with E-state index < -0.39 is 75.7 Å². The van der Waals surface area contributed by atoms with Crippen LogP contribution in [0.3, 0.4) is 0 Å². The summed E-state index contributed by atoms with van der Waals surface area (Å²) in [5, 5.41) is 50.1. The van der Waals surface area contributed by atoms with Crippen molar-refractivity contribution >= 4 is 19.8 Å². The van der Waals surface area contributed by atoms with E-state index in [2.05, 4.69) is 38.2 Å². The molecule has 0 heterocycles. The molecule has 1 aliphatic rings. The van der Waals surface area contributed by atoms with Gasteiger partial charge in [-0.2, -0.15) is 0 Å². The fourth-order valence-corrected chi connectivity index (χ4v) is 8.06. The minimum absolute atomic E-state index is 0.0317. The minimum atomic E-state index is -5.13. The molecule has 0 radical (unpaired) electrons. The van der Waals surface area contributed by atoms with Gasteiger partial charge in [-0.25, -0.2) is 4.57 Å². The van der Waals surface area contributed by atoms with E-state index in [1.54, 1.807) is 0 Å². The SMILES string of the molecule is CCCCCCCC/C=C/CCCCCCCC(=O)OC[C@H](COP(=O)(O)OC1C(O)C(O)C(O)[C@H](O)C1O)OC(=O)CCC/C=C/C/C=C/CCCCCCCCCCC. The monoisotopic (exact) mass is 889 g/mol. The Morgan fingerprint density at radius 1 is 0.508 bits per heavy atom. The van der Waals surface area contributed by atoms with Gasteiger partial charge in [-0.15, -0.1) is 0 Å². The number of carbonyl (C=O) groups excluding carboxylic acids is 2. The molecule has 0 spiro atoms. The molecule has 0 saturated heterocycles. The molecule has 1 rings (SSSR count). The van der Waals surface area contributed by atoms with Gasteiger partial charge in [0.15, 0.2) is 6.10 Å². The molecule has 1 aliphatic carbocycles. The van der Waals surface area contributed by atoms with Crippen LogP contribution in [0.4, 0.5) is 0 Å². The smallest absolute Gasteiger partial charge is 0.462 e. The summed E-state index contributed by atoms with van der Waals surface area (Å²) in [6.07, 6.45) is 29.2. The topological polar surface area (TPSA) is 210 Å². The fourth-order valence-electron chi connectivity index (χ4n) is 7.09. The minimum Gasteiger partial charge on any atom is -0.462 e. The van der Waals surface area contributed by atoms with Gasteiger partial charge >= 0.3 is 19.8 Å². The quantitative estimate of drug-likeness (QED) is 0.0147. The van der Waals surface area contributed by atoms with Crippen LogP contribution >= 0.6 is 7.82 Å². The molecule has 14 heteroatoms. The molecule has 0 amide bonds. The second kappa shape index (κ2) is 37.4. The van der Waals surface area contributed by atoms with Gasteiger partial charge in [-0.1, -0.05) is 153 Å². The predicted octanol–water partition coefficient (Wildman–Crippen LogP) is 9.39. The van der Waals surface area contributed by atoms with Gasteiger partial charge in [0, 0.05) is 12.8 Å². The second-order valence-corrected chi connectivity index (χ2v) is 18.0. The highest BCUT2D eigenvalue weighted by Gasteiger charge is 2.51. The number of allylic oxidation sites excluding steroid dienone is 6. The first kappa shape index (κ1) is 57.1. The number of ether oxygens (including phenoxy) is 2. The number of hydrogen-bond donors (Lipinski definition) is 6. The van der Waals surface area contributed by atoms with Crippen LogP contribution in [-0.2, 0) is 32.7 Å². The van der Waals surface area contributed by atoms with E-state index in [1.807, 2.05) is 12.2 Å². The van der Waals surface area contributed by atoms with Crippen LogP contribution in [0.2, 0.25) is 0 Å². The highest BCUT2D eigenvalue weighted by molar-refractivity contribution is 7.47. The Kier molecular flexibility index (Phi) is 35.0. The van der Waals surface area contributed by atoms with E-state index in [1.165, 1.54) is 96.3 Å². The van der Waals surface area contributed by atoms with Crippen LogP contribution in [0.15, 0.2) is 36.5 Å². The van der Waals surface area contributed by atoms with E-state index in [0.29, 0.717) is 19.3 Å². The maximum atomic E-state index is 12.8. The van der Waals surface area contributed by atoms with E-state index in [4.69, 9.17) is 18.5 Å². The molecule has 6 unspecified atom stereocenters. The third-order valence-corrected chi connectivity index (χ3v) is 11.9. The largest absolute Gasteiger partial charge is 0.472 e. The number of phosphoric ester groups is 1.